The largest absolute Gasteiger partial charge is 0.349 e. The molecule has 0 amide bonds. The average Bonchev–Trinajstić information content (AvgIpc) is 1.83. The molecule has 0 aromatic carbocycles. The predicted molar refractivity (Wildman–Crippen MR) is 26.7 cm³/mol. The molecule has 0 rings (SSSR count). The standard InChI is InChI=1S/C4H10FNO2/c1-2-7-4(3-6)8-5/h4H,2-3,6H2,1H3. The zero-order valence-corrected chi connectivity index (χ0v) is 4.76. The van der Waals surface area contributed by atoms with Gasteiger partial charge in [0.25, 0.3) is 0 Å². The Kier molecular flexibility index (Phi) is 4.84. The van der Waals surface area contributed by atoms with E-state index >= 15 is 0 Å². The Hall–Kier alpha value is -0.190. The van der Waals surface area contributed by atoms with Gasteiger partial charge in [-0.15, -0.1) is 0 Å². The van der Waals surface area contributed by atoms with Crippen molar-refractivity contribution < 1.29 is 14.2 Å². The van der Waals surface area contributed by atoms with Crippen molar-refractivity contribution in [3.05, 3.63) is 0 Å². The van der Waals surface area contributed by atoms with E-state index in [1.807, 2.05) is 0 Å². The Balaban J connectivity index is 3.07. The second-order valence-electron chi connectivity index (χ2n) is 1.21. The molecule has 4 heteroatoms. The van der Waals surface area contributed by atoms with Gasteiger partial charge in [0.15, 0.2) is 0 Å². The van der Waals surface area contributed by atoms with Crippen LogP contribution in [0.3, 0.4) is 0 Å². The predicted octanol–water partition coefficient (Wildman–Crippen LogP) is 0.209. The van der Waals surface area contributed by atoms with Crippen molar-refractivity contribution >= 4 is 0 Å². The van der Waals surface area contributed by atoms with Gasteiger partial charge in [-0.05, 0) is 11.4 Å². The monoisotopic (exact) mass is 123 g/mol. The number of nitrogens with two attached hydrogens (primary N) is 1. The molecule has 0 aromatic rings. The molecule has 0 bridgehead atoms. The van der Waals surface area contributed by atoms with Crippen molar-refractivity contribution in [2.45, 2.75) is 13.2 Å². The lowest BCUT2D eigenvalue weighted by atomic mass is 10.6. The van der Waals surface area contributed by atoms with E-state index in [-0.39, 0.29) is 6.54 Å². The Morgan fingerprint density at radius 2 is 2.38 bits per heavy atom. The first kappa shape index (κ1) is 7.81. The van der Waals surface area contributed by atoms with Gasteiger partial charge in [-0.3, -0.25) is 0 Å². The average molecular weight is 123 g/mol. The highest BCUT2D eigenvalue weighted by Gasteiger charge is 2.03. The van der Waals surface area contributed by atoms with Crippen LogP contribution in [0.15, 0.2) is 0 Å². The molecule has 0 fully saturated rings. The topological polar surface area (TPSA) is 44.5 Å². The van der Waals surface area contributed by atoms with Crippen LogP contribution in [0.2, 0.25) is 0 Å². The van der Waals surface area contributed by atoms with Crippen LogP contribution in [0, 0.1) is 0 Å². The molecule has 0 saturated heterocycles. The maximum atomic E-state index is 11.1. The fourth-order valence-corrected chi connectivity index (χ4v) is 0.316. The third-order valence-electron chi connectivity index (χ3n) is 0.644. The lowest BCUT2D eigenvalue weighted by Gasteiger charge is -2.06. The molecule has 0 saturated carbocycles. The lowest BCUT2D eigenvalue weighted by Crippen LogP contribution is -2.23. The molecule has 1 unspecified atom stereocenters. The van der Waals surface area contributed by atoms with Crippen LogP contribution in [0.4, 0.5) is 4.53 Å². The second kappa shape index (κ2) is 4.96. The molecule has 0 spiro atoms. The summed E-state index contributed by atoms with van der Waals surface area (Å²) in [5.41, 5.74) is 4.98. The van der Waals surface area contributed by atoms with Crippen molar-refractivity contribution in [3.8, 4) is 0 Å². The summed E-state index contributed by atoms with van der Waals surface area (Å²) in [6, 6.07) is 0. The molecule has 0 aromatic heterocycles. The minimum atomic E-state index is -0.889. The molecule has 1 atom stereocenters. The van der Waals surface area contributed by atoms with E-state index in [1.165, 1.54) is 0 Å². The molecule has 0 radical (unpaired) electrons. The van der Waals surface area contributed by atoms with E-state index in [0.29, 0.717) is 6.61 Å². The van der Waals surface area contributed by atoms with Gasteiger partial charge in [0.2, 0.25) is 6.29 Å². The van der Waals surface area contributed by atoms with Gasteiger partial charge >= 0.3 is 0 Å². The molecule has 2 N–H and O–H groups in total. The van der Waals surface area contributed by atoms with E-state index < -0.39 is 6.29 Å². The number of hydrogen-bond acceptors (Lipinski definition) is 3. The Labute approximate surface area is 47.5 Å². The molecule has 0 heterocycles. The van der Waals surface area contributed by atoms with Crippen LogP contribution in [0.1, 0.15) is 6.92 Å². The summed E-state index contributed by atoms with van der Waals surface area (Å²) in [6.45, 7) is 2.19. The highest BCUT2D eigenvalue weighted by Crippen LogP contribution is 1.90. The first-order valence-electron chi connectivity index (χ1n) is 2.44. The third kappa shape index (κ3) is 2.90. The van der Waals surface area contributed by atoms with Crippen LogP contribution < -0.4 is 5.73 Å². The molecular formula is C4H10FNO2. The van der Waals surface area contributed by atoms with Crippen molar-refractivity contribution in [3.63, 3.8) is 0 Å². The molecule has 8 heavy (non-hydrogen) atoms. The van der Waals surface area contributed by atoms with Crippen molar-refractivity contribution in [1.29, 1.82) is 0 Å². The first-order valence-corrected chi connectivity index (χ1v) is 2.44. The van der Waals surface area contributed by atoms with Crippen LogP contribution in [-0.2, 0) is 9.68 Å². The van der Waals surface area contributed by atoms with Crippen molar-refractivity contribution in [2.24, 2.45) is 5.73 Å². The molecule has 3 nitrogen and oxygen atoms in total. The number of halogens is 1. The van der Waals surface area contributed by atoms with Gasteiger partial charge in [0.1, 0.15) is 0 Å². The van der Waals surface area contributed by atoms with E-state index in [0.717, 1.165) is 0 Å². The fourth-order valence-electron chi connectivity index (χ4n) is 0.316. The van der Waals surface area contributed by atoms with Crippen LogP contribution in [0.5, 0.6) is 0 Å². The summed E-state index contributed by atoms with van der Waals surface area (Å²) in [7, 11) is 0. The molecule has 0 aliphatic heterocycles. The van der Waals surface area contributed by atoms with Crippen molar-refractivity contribution in [2.75, 3.05) is 13.2 Å². The van der Waals surface area contributed by atoms with Crippen LogP contribution in [0.25, 0.3) is 0 Å². The summed E-state index contributed by atoms with van der Waals surface area (Å²) in [4.78, 5) is 3.29. The zero-order chi connectivity index (χ0) is 6.41. The van der Waals surface area contributed by atoms with Gasteiger partial charge in [0.05, 0.1) is 0 Å². The summed E-state index contributed by atoms with van der Waals surface area (Å²) >= 11 is 0. The zero-order valence-electron chi connectivity index (χ0n) is 4.76. The van der Waals surface area contributed by atoms with E-state index in [9.17, 15) is 4.53 Å². The van der Waals surface area contributed by atoms with Gasteiger partial charge in [-0.25, -0.2) is 0 Å². The van der Waals surface area contributed by atoms with Gasteiger partial charge in [-0.2, -0.15) is 4.94 Å². The molecular weight excluding hydrogens is 113 g/mol. The third-order valence-corrected chi connectivity index (χ3v) is 0.644. The number of hydrogen-bond donors (Lipinski definition) is 1. The summed E-state index contributed by atoms with van der Waals surface area (Å²) in [5, 5.41) is 0. The van der Waals surface area contributed by atoms with Crippen molar-refractivity contribution in [1.82, 2.24) is 0 Å². The number of rotatable bonds is 4. The maximum Gasteiger partial charge on any atom is 0.208 e. The van der Waals surface area contributed by atoms with E-state index in [4.69, 9.17) is 5.73 Å². The number of ether oxygens (including phenoxy) is 1. The van der Waals surface area contributed by atoms with Crippen LogP contribution >= 0.6 is 0 Å². The molecule has 0 aliphatic rings. The highest BCUT2D eigenvalue weighted by molar-refractivity contribution is 4.37. The van der Waals surface area contributed by atoms with Gasteiger partial charge in [-0.1, -0.05) is 0 Å². The first-order chi connectivity index (χ1) is 3.85. The molecule has 50 valence electrons. The molecule has 0 aliphatic carbocycles. The second-order valence-corrected chi connectivity index (χ2v) is 1.21. The van der Waals surface area contributed by atoms with Gasteiger partial charge < -0.3 is 10.5 Å². The Bertz CT molecular complexity index is 49.3. The summed E-state index contributed by atoms with van der Waals surface area (Å²) < 4.78 is 15.8. The minimum Gasteiger partial charge on any atom is -0.349 e. The normalized spacial score (nSPS) is 13.9. The minimum absolute atomic E-state index is 0.0460. The quantitative estimate of drug-likeness (QED) is 0.543. The summed E-state index contributed by atoms with van der Waals surface area (Å²) in [5.74, 6) is 0. The van der Waals surface area contributed by atoms with E-state index in [2.05, 4.69) is 9.68 Å². The smallest absolute Gasteiger partial charge is 0.208 e. The van der Waals surface area contributed by atoms with Crippen LogP contribution in [-0.4, -0.2) is 19.4 Å². The highest BCUT2D eigenvalue weighted by atomic mass is 19.3. The Morgan fingerprint density at radius 3 is 2.50 bits per heavy atom. The fraction of sp³-hybridized carbons (Fsp3) is 1.00. The lowest BCUT2D eigenvalue weighted by molar-refractivity contribution is -0.268. The van der Waals surface area contributed by atoms with E-state index in [1.54, 1.807) is 6.92 Å². The summed E-state index contributed by atoms with van der Waals surface area (Å²) in [6.07, 6.45) is -0.889. The Morgan fingerprint density at radius 1 is 1.75 bits per heavy atom. The SMILES string of the molecule is CCOC(CN)OF. The van der Waals surface area contributed by atoms with Gasteiger partial charge in [0, 0.05) is 13.2 Å². The maximum absolute atomic E-state index is 11.1.